The molecule has 1 aromatic rings. The Bertz CT molecular complexity index is 414. The van der Waals surface area contributed by atoms with Crippen LogP contribution in [-0.4, -0.2) is 24.9 Å². The van der Waals surface area contributed by atoms with Gasteiger partial charge in [-0.3, -0.25) is 4.79 Å². The van der Waals surface area contributed by atoms with Crippen LogP contribution in [0.2, 0.25) is 0 Å². The maximum Gasteiger partial charge on any atom is 0.239 e. The zero-order chi connectivity index (χ0) is 12.3. The fourth-order valence-electron chi connectivity index (χ4n) is 2.24. The third-order valence-corrected chi connectivity index (χ3v) is 3.29. The number of hydrogen-bond donors (Lipinski definition) is 1. The molecule has 1 amide bonds. The Kier molecular flexibility index (Phi) is 3.89. The van der Waals surface area contributed by atoms with E-state index < -0.39 is 0 Å². The highest BCUT2D eigenvalue weighted by atomic mass is 35.5. The summed E-state index contributed by atoms with van der Waals surface area (Å²) in [6.07, 6.45) is 2.54. The Morgan fingerprint density at radius 2 is 2.12 bits per heavy atom. The molecule has 0 unspecified atom stereocenters. The zero-order valence-electron chi connectivity index (χ0n) is 10.0. The van der Waals surface area contributed by atoms with Crippen LogP contribution < -0.4 is 10.2 Å². The predicted octanol–water partition coefficient (Wildman–Crippen LogP) is 2.77. The summed E-state index contributed by atoms with van der Waals surface area (Å²) in [4.78, 5) is 13.6. The SMILES string of the molecule is Cc1cc(NC(=O)CCl)ccc1N1CCCC1. The van der Waals surface area contributed by atoms with Crippen molar-refractivity contribution >= 4 is 28.9 Å². The second-order valence-corrected chi connectivity index (χ2v) is 4.64. The molecule has 1 aromatic carbocycles. The van der Waals surface area contributed by atoms with Crippen molar-refractivity contribution in [3.8, 4) is 0 Å². The number of nitrogens with zero attached hydrogens (tertiary/aromatic N) is 1. The number of amides is 1. The number of nitrogens with one attached hydrogen (secondary N) is 1. The fraction of sp³-hybridized carbons (Fsp3) is 0.462. The Morgan fingerprint density at radius 3 is 2.71 bits per heavy atom. The van der Waals surface area contributed by atoms with E-state index in [0.29, 0.717) is 0 Å². The van der Waals surface area contributed by atoms with E-state index in [2.05, 4.69) is 23.2 Å². The summed E-state index contributed by atoms with van der Waals surface area (Å²) < 4.78 is 0. The lowest BCUT2D eigenvalue weighted by molar-refractivity contribution is -0.113. The number of benzene rings is 1. The van der Waals surface area contributed by atoms with E-state index in [-0.39, 0.29) is 11.8 Å². The molecular weight excluding hydrogens is 236 g/mol. The van der Waals surface area contributed by atoms with Gasteiger partial charge in [-0.2, -0.15) is 0 Å². The highest BCUT2D eigenvalue weighted by molar-refractivity contribution is 6.29. The summed E-state index contributed by atoms with van der Waals surface area (Å²) >= 11 is 5.46. The summed E-state index contributed by atoms with van der Waals surface area (Å²) in [6, 6.07) is 6.01. The standard InChI is InChI=1S/C13H17ClN2O/c1-10-8-11(15-13(17)9-14)4-5-12(10)16-6-2-3-7-16/h4-5,8H,2-3,6-7,9H2,1H3,(H,15,17). The Balaban J connectivity index is 2.13. The van der Waals surface area contributed by atoms with Crippen LogP contribution in [0, 0.1) is 6.92 Å². The quantitative estimate of drug-likeness (QED) is 0.839. The lowest BCUT2D eigenvalue weighted by Gasteiger charge is -2.20. The van der Waals surface area contributed by atoms with Gasteiger partial charge in [-0.05, 0) is 43.5 Å². The third kappa shape index (κ3) is 2.91. The van der Waals surface area contributed by atoms with Crippen LogP contribution in [0.1, 0.15) is 18.4 Å². The number of alkyl halides is 1. The van der Waals surface area contributed by atoms with E-state index in [1.54, 1.807) is 0 Å². The van der Waals surface area contributed by atoms with Gasteiger partial charge in [0.2, 0.25) is 5.91 Å². The average Bonchev–Trinajstić information content (AvgIpc) is 2.82. The maximum atomic E-state index is 11.2. The van der Waals surface area contributed by atoms with E-state index in [1.165, 1.54) is 24.1 Å². The van der Waals surface area contributed by atoms with Crippen molar-refractivity contribution < 1.29 is 4.79 Å². The van der Waals surface area contributed by atoms with E-state index in [4.69, 9.17) is 11.6 Å². The van der Waals surface area contributed by atoms with Gasteiger partial charge >= 0.3 is 0 Å². The molecular formula is C13H17ClN2O. The first kappa shape index (κ1) is 12.2. The van der Waals surface area contributed by atoms with Crippen LogP contribution >= 0.6 is 11.6 Å². The molecule has 1 aliphatic rings. The fourth-order valence-corrected chi connectivity index (χ4v) is 2.31. The third-order valence-electron chi connectivity index (χ3n) is 3.05. The minimum Gasteiger partial charge on any atom is -0.371 e. The minimum absolute atomic E-state index is 0.00702. The molecule has 2 rings (SSSR count). The lowest BCUT2D eigenvalue weighted by Crippen LogP contribution is -2.19. The monoisotopic (exact) mass is 252 g/mol. The van der Waals surface area contributed by atoms with Gasteiger partial charge in [-0.1, -0.05) is 0 Å². The number of carbonyl (C=O) groups excluding carboxylic acids is 1. The van der Waals surface area contributed by atoms with Crippen molar-refractivity contribution in [2.45, 2.75) is 19.8 Å². The largest absolute Gasteiger partial charge is 0.371 e. The van der Waals surface area contributed by atoms with Gasteiger partial charge in [0.25, 0.3) is 0 Å². The smallest absolute Gasteiger partial charge is 0.239 e. The summed E-state index contributed by atoms with van der Waals surface area (Å²) in [5.41, 5.74) is 3.28. The molecule has 1 saturated heterocycles. The van der Waals surface area contributed by atoms with Gasteiger partial charge in [0.15, 0.2) is 0 Å². The van der Waals surface area contributed by atoms with Crippen molar-refractivity contribution in [2.24, 2.45) is 0 Å². The first-order valence-electron chi connectivity index (χ1n) is 5.92. The number of hydrogen-bond acceptors (Lipinski definition) is 2. The number of anilines is 2. The second kappa shape index (κ2) is 5.41. The van der Waals surface area contributed by atoms with Crippen LogP contribution in [0.25, 0.3) is 0 Å². The topological polar surface area (TPSA) is 32.3 Å². The normalized spacial score (nSPS) is 15.1. The van der Waals surface area contributed by atoms with Crippen LogP contribution in [0.5, 0.6) is 0 Å². The molecule has 0 aromatic heterocycles. The molecule has 0 aliphatic carbocycles. The summed E-state index contributed by atoms with van der Waals surface area (Å²) in [5, 5.41) is 2.76. The van der Waals surface area contributed by atoms with Gasteiger partial charge in [0, 0.05) is 24.5 Å². The van der Waals surface area contributed by atoms with Crippen LogP contribution in [0.4, 0.5) is 11.4 Å². The second-order valence-electron chi connectivity index (χ2n) is 4.38. The number of aryl methyl sites for hydroxylation is 1. The molecule has 1 fully saturated rings. The van der Waals surface area contributed by atoms with E-state index in [1.807, 2.05) is 12.1 Å². The van der Waals surface area contributed by atoms with E-state index in [0.717, 1.165) is 18.8 Å². The predicted molar refractivity (Wildman–Crippen MR) is 72.0 cm³/mol. The van der Waals surface area contributed by atoms with Crippen LogP contribution in [0.3, 0.4) is 0 Å². The van der Waals surface area contributed by atoms with Crippen LogP contribution in [-0.2, 0) is 4.79 Å². The Hall–Kier alpha value is -1.22. The molecule has 1 heterocycles. The first-order chi connectivity index (χ1) is 8.20. The highest BCUT2D eigenvalue weighted by Crippen LogP contribution is 2.26. The average molecular weight is 253 g/mol. The minimum atomic E-state index is -0.167. The van der Waals surface area contributed by atoms with Gasteiger partial charge < -0.3 is 10.2 Å². The van der Waals surface area contributed by atoms with Crippen molar-refractivity contribution in [1.82, 2.24) is 0 Å². The highest BCUT2D eigenvalue weighted by Gasteiger charge is 2.14. The molecule has 0 atom stereocenters. The molecule has 1 aliphatic heterocycles. The lowest BCUT2D eigenvalue weighted by atomic mass is 10.1. The summed E-state index contributed by atoms with van der Waals surface area (Å²) in [6.45, 7) is 4.34. The van der Waals surface area contributed by atoms with Crippen molar-refractivity contribution in [3.63, 3.8) is 0 Å². The molecule has 4 heteroatoms. The molecule has 0 radical (unpaired) electrons. The summed E-state index contributed by atoms with van der Waals surface area (Å²) in [7, 11) is 0. The van der Waals surface area contributed by atoms with Gasteiger partial charge in [0.05, 0.1) is 0 Å². The van der Waals surface area contributed by atoms with Crippen molar-refractivity contribution in [1.29, 1.82) is 0 Å². The number of halogens is 1. The van der Waals surface area contributed by atoms with Crippen molar-refractivity contribution in [2.75, 3.05) is 29.2 Å². The Morgan fingerprint density at radius 1 is 1.41 bits per heavy atom. The number of carbonyl (C=O) groups is 1. The molecule has 0 bridgehead atoms. The molecule has 1 N–H and O–H groups in total. The maximum absolute atomic E-state index is 11.2. The first-order valence-corrected chi connectivity index (χ1v) is 6.45. The molecule has 0 saturated carbocycles. The molecule has 17 heavy (non-hydrogen) atoms. The summed E-state index contributed by atoms with van der Waals surface area (Å²) in [5.74, 6) is -0.174. The van der Waals surface area contributed by atoms with Gasteiger partial charge in [-0.25, -0.2) is 0 Å². The van der Waals surface area contributed by atoms with E-state index in [9.17, 15) is 4.79 Å². The Labute approximate surface area is 107 Å². The van der Waals surface area contributed by atoms with Crippen molar-refractivity contribution in [3.05, 3.63) is 23.8 Å². The molecule has 0 spiro atoms. The number of rotatable bonds is 3. The van der Waals surface area contributed by atoms with Gasteiger partial charge in [0.1, 0.15) is 5.88 Å². The zero-order valence-corrected chi connectivity index (χ0v) is 10.8. The van der Waals surface area contributed by atoms with Gasteiger partial charge in [-0.15, -0.1) is 11.6 Å². The van der Waals surface area contributed by atoms with E-state index >= 15 is 0 Å². The van der Waals surface area contributed by atoms with Crippen LogP contribution in [0.15, 0.2) is 18.2 Å². The molecule has 3 nitrogen and oxygen atoms in total. The molecule has 92 valence electrons.